The summed E-state index contributed by atoms with van der Waals surface area (Å²) in [4.78, 5) is 15.7. The van der Waals surface area contributed by atoms with E-state index < -0.39 is 0 Å². The number of carbonyl (C=O) groups is 1. The highest BCUT2D eigenvalue weighted by atomic mass is 16.5. The molecule has 200 valence electrons. The van der Waals surface area contributed by atoms with Crippen LogP contribution in [0.5, 0.6) is 17.2 Å². The van der Waals surface area contributed by atoms with E-state index in [2.05, 4.69) is 10.2 Å². The van der Waals surface area contributed by atoms with Crippen molar-refractivity contribution in [2.24, 2.45) is 0 Å². The summed E-state index contributed by atoms with van der Waals surface area (Å²) < 4.78 is 17.2. The Bertz CT molecular complexity index is 1620. The summed E-state index contributed by atoms with van der Waals surface area (Å²) in [5, 5.41) is 7.61. The largest absolute Gasteiger partial charge is 0.497 e. The third-order valence-corrected chi connectivity index (χ3v) is 7.16. The van der Waals surface area contributed by atoms with Crippen LogP contribution in [0.15, 0.2) is 103 Å². The van der Waals surface area contributed by atoms with Gasteiger partial charge in [-0.15, -0.1) is 0 Å². The molecule has 7 nitrogen and oxygen atoms in total. The smallest absolute Gasteiger partial charge is 0.273 e. The number of ether oxygens (including phenoxy) is 3. The van der Waals surface area contributed by atoms with E-state index >= 15 is 0 Å². The van der Waals surface area contributed by atoms with Crippen LogP contribution in [0, 0.1) is 0 Å². The Kier molecular flexibility index (Phi) is 6.93. The van der Waals surface area contributed by atoms with Crippen LogP contribution >= 0.6 is 0 Å². The Morgan fingerprint density at radius 1 is 0.800 bits per heavy atom. The predicted octanol–water partition coefficient (Wildman–Crippen LogP) is 6.42. The Morgan fingerprint density at radius 3 is 2.17 bits per heavy atom. The first-order chi connectivity index (χ1) is 19.7. The summed E-state index contributed by atoms with van der Waals surface area (Å²) in [5.41, 5.74) is 5.97. The number of hydrogen-bond donors (Lipinski definition) is 1. The van der Waals surface area contributed by atoms with Crippen LogP contribution in [0.2, 0.25) is 0 Å². The van der Waals surface area contributed by atoms with Crippen LogP contribution in [0.4, 0.5) is 0 Å². The molecule has 1 atom stereocenters. The van der Waals surface area contributed by atoms with Crippen LogP contribution < -0.4 is 14.2 Å². The number of fused-ring (bicyclic) bond motifs is 1. The quantitative estimate of drug-likeness (QED) is 0.238. The van der Waals surface area contributed by atoms with Gasteiger partial charge in [-0.1, -0.05) is 66.7 Å². The number of benzene rings is 4. The molecule has 1 amide bonds. The zero-order valence-electron chi connectivity index (χ0n) is 22.3. The molecule has 0 bridgehead atoms. The topological polar surface area (TPSA) is 76.7 Å². The van der Waals surface area contributed by atoms with Crippen molar-refractivity contribution >= 4 is 5.91 Å². The van der Waals surface area contributed by atoms with Crippen molar-refractivity contribution in [2.75, 3.05) is 14.2 Å². The standard InChI is InChI=1S/C33H29N3O4/c1-38-26-16-13-24(14-17-26)30-29-31(35-34-30)33(37)36(20-22-9-5-3-6-10-22)32(29)25-15-18-27(28(19-25)39-2)40-21-23-11-7-4-8-12-23/h3-19,32H,20-21H2,1-2H3,(H,34,35). The minimum absolute atomic E-state index is 0.0977. The number of nitrogens with one attached hydrogen (secondary N) is 1. The third-order valence-electron chi connectivity index (χ3n) is 7.16. The van der Waals surface area contributed by atoms with E-state index in [1.165, 1.54) is 0 Å². The summed E-state index contributed by atoms with van der Waals surface area (Å²) in [5.74, 6) is 1.89. The second kappa shape index (κ2) is 11.0. The molecule has 0 aliphatic carbocycles. The lowest BCUT2D eigenvalue weighted by molar-refractivity contribution is 0.0730. The molecule has 1 aliphatic rings. The minimum Gasteiger partial charge on any atom is -0.497 e. The van der Waals surface area contributed by atoms with Crippen LogP contribution in [0.3, 0.4) is 0 Å². The zero-order chi connectivity index (χ0) is 27.5. The summed E-state index contributed by atoms with van der Waals surface area (Å²) in [6, 6.07) is 33.2. The van der Waals surface area contributed by atoms with Gasteiger partial charge in [0.15, 0.2) is 11.5 Å². The molecular formula is C33H29N3O4. The Hall–Kier alpha value is -5.04. The Labute approximate surface area is 233 Å². The highest BCUT2D eigenvalue weighted by Gasteiger charge is 2.42. The molecule has 0 spiro atoms. The van der Waals surface area contributed by atoms with Gasteiger partial charge in [-0.2, -0.15) is 5.10 Å². The first-order valence-corrected chi connectivity index (χ1v) is 13.1. The van der Waals surface area contributed by atoms with E-state index in [4.69, 9.17) is 14.2 Å². The minimum atomic E-state index is -0.379. The molecule has 1 aromatic heterocycles. The summed E-state index contributed by atoms with van der Waals surface area (Å²) in [6.45, 7) is 0.871. The zero-order valence-corrected chi connectivity index (χ0v) is 22.3. The van der Waals surface area contributed by atoms with E-state index in [1.54, 1.807) is 14.2 Å². The van der Waals surface area contributed by atoms with Crippen molar-refractivity contribution in [3.8, 4) is 28.5 Å². The molecule has 1 N–H and O–H groups in total. The molecule has 4 aromatic carbocycles. The van der Waals surface area contributed by atoms with Gasteiger partial charge in [-0.05, 0) is 53.1 Å². The summed E-state index contributed by atoms with van der Waals surface area (Å²) in [7, 11) is 3.26. The van der Waals surface area contributed by atoms with Gasteiger partial charge in [0.05, 0.1) is 26.0 Å². The van der Waals surface area contributed by atoms with Crippen LogP contribution in [0.1, 0.15) is 38.8 Å². The number of hydrogen-bond acceptors (Lipinski definition) is 5. The van der Waals surface area contributed by atoms with Gasteiger partial charge >= 0.3 is 0 Å². The highest BCUT2D eigenvalue weighted by molar-refractivity contribution is 6.00. The summed E-state index contributed by atoms with van der Waals surface area (Å²) in [6.07, 6.45) is 0. The van der Waals surface area contributed by atoms with E-state index in [9.17, 15) is 4.79 Å². The fourth-order valence-electron chi connectivity index (χ4n) is 5.16. The molecule has 0 saturated heterocycles. The average Bonchev–Trinajstić information content (AvgIpc) is 3.56. The van der Waals surface area contributed by atoms with E-state index in [1.807, 2.05) is 108 Å². The van der Waals surface area contributed by atoms with Crippen molar-refractivity contribution in [2.45, 2.75) is 19.2 Å². The first kappa shape index (κ1) is 25.2. The van der Waals surface area contributed by atoms with Crippen LogP contribution in [-0.4, -0.2) is 35.2 Å². The molecule has 0 radical (unpaired) electrons. The molecule has 6 rings (SSSR count). The van der Waals surface area contributed by atoms with Gasteiger partial charge in [-0.25, -0.2) is 0 Å². The maximum Gasteiger partial charge on any atom is 0.273 e. The number of aromatic amines is 1. The lowest BCUT2D eigenvalue weighted by Crippen LogP contribution is -2.29. The monoisotopic (exact) mass is 531 g/mol. The van der Waals surface area contributed by atoms with Gasteiger partial charge in [0.1, 0.15) is 18.1 Å². The number of rotatable bonds is 9. The third kappa shape index (κ3) is 4.78. The van der Waals surface area contributed by atoms with Crippen molar-refractivity contribution in [3.05, 3.63) is 131 Å². The molecule has 0 saturated carbocycles. The number of methoxy groups -OCH3 is 2. The molecule has 1 unspecified atom stereocenters. The van der Waals surface area contributed by atoms with Crippen molar-refractivity contribution in [3.63, 3.8) is 0 Å². The van der Waals surface area contributed by atoms with Crippen molar-refractivity contribution in [1.82, 2.24) is 15.1 Å². The molecule has 2 heterocycles. The molecule has 40 heavy (non-hydrogen) atoms. The van der Waals surface area contributed by atoms with E-state index in [0.29, 0.717) is 30.3 Å². The summed E-state index contributed by atoms with van der Waals surface area (Å²) >= 11 is 0. The van der Waals surface area contributed by atoms with Crippen molar-refractivity contribution in [1.29, 1.82) is 0 Å². The number of aromatic nitrogens is 2. The fourth-order valence-corrected chi connectivity index (χ4v) is 5.16. The molecule has 1 aliphatic heterocycles. The SMILES string of the molecule is COc1ccc(-c2n[nH]c3c2C(c2ccc(OCc4ccccc4)c(OC)c2)N(Cc2ccccc2)C3=O)cc1. The number of nitrogens with zero attached hydrogens (tertiary/aromatic N) is 2. The first-order valence-electron chi connectivity index (χ1n) is 13.1. The highest BCUT2D eigenvalue weighted by Crippen LogP contribution is 2.45. The molecule has 5 aromatic rings. The number of carbonyl (C=O) groups excluding carboxylic acids is 1. The van der Waals surface area contributed by atoms with Gasteiger partial charge < -0.3 is 19.1 Å². The predicted molar refractivity (Wildman–Crippen MR) is 153 cm³/mol. The Morgan fingerprint density at radius 2 is 1.50 bits per heavy atom. The maximum absolute atomic E-state index is 13.8. The maximum atomic E-state index is 13.8. The van der Waals surface area contributed by atoms with E-state index in [-0.39, 0.29) is 11.9 Å². The average molecular weight is 532 g/mol. The van der Waals surface area contributed by atoms with Crippen LogP contribution in [0.25, 0.3) is 11.3 Å². The van der Waals surface area contributed by atoms with Crippen LogP contribution in [-0.2, 0) is 13.2 Å². The second-order valence-electron chi connectivity index (χ2n) is 9.60. The molecule has 7 heteroatoms. The molecular weight excluding hydrogens is 502 g/mol. The van der Waals surface area contributed by atoms with Gasteiger partial charge in [-0.3, -0.25) is 9.89 Å². The van der Waals surface area contributed by atoms with Gasteiger partial charge in [0.2, 0.25) is 0 Å². The van der Waals surface area contributed by atoms with Gasteiger partial charge in [0.25, 0.3) is 5.91 Å². The fraction of sp³-hybridized carbons (Fsp3) is 0.152. The second-order valence-corrected chi connectivity index (χ2v) is 9.60. The number of H-pyrrole nitrogens is 1. The lowest BCUT2D eigenvalue weighted by atomic mass is 9.95. The normalized spacial score (nSPS) is 14.2. The van der Waals surface area contributed by atoms with E-state index in [0.717, 1.165) is 39.3 Å². The van der Waals surface area contributed by atoms with Gasteiger partial charge in [0, 0.05) is 17.7 Å². The molecule has 0 fully saturated rings. The Balaban J connectivity index is 1.40. The van der Waals surface area contributed by atoms with Crippen molar-refractivity contribution < 1.29 is 19.0 Å². The lowest BCUT2D eigenvalue weighted by Gasteiger charge is -2.27. The number of amides is 1.